The van der Waals surface area contributed by atoms with Gasteiger partial charge in [-0.15, -0.1) is 0 Å². The first kappa shape index (κ1) is 9.96. The third-order valence-electron chi connectivity index (χ3n) is 3.55. The maximum absolute atomic E-state index is 5.70. The second kappa shape index (κ2) is 3.66. The van der Waals surface area contributed by atoms with Crippen LogP contribution in [0.1, 0.15) is 13.8 Å². The highest BCUT2D eigenvalue weighted by Gasteiger charge is 2.34. The molecule has 0 saturated carbocycles. The summed E-state index contributed by atoms with van der Waals surface area (Å²) < 4.78 is 5.70. The van der Waals surface area contributed by atoms with Gasteiger partial charge in [0.2, 0.25) is 0 Å². The minimum Gasteiger partial charge on any atom is -0.486 e. The van der Waals surface area contributed by atoms with Crippen LogP contribution < -0.4 is 9.64 Å². The van der Waals surface area contributed by atoms with Gasteiger partial charge in [-0.3, -0.25) is 10.00 Å². The van der Waals surface area contributed by atoms with Crippen LogP contribution in [0.4, 0.5) is 5.82 Å². The van der Waals surface area contributed by atoms with E-state index in [1.54, 1.807) is 6.20 Å². The van der Waals surface area contributed by atoms with Crippen LogP contribution >= 0.6 is 0 Å². The van der Waals surface area contributed by atoms with Gasteiger partial charge in [-0.1, -0.05) is 0 Å². The van der Waals surface area contributed by atoms with Gasteiger partial charge in [-0.2, -0.15) is 5.10 Å². The summed E-state index contributed by atoms with van der Waals surface area (Å²) in [5.41, 5.74) is 0. The molecule has 0 unspecified atom stereocenters. The van der Waals surface area contributed by atoms with E-state index in [0.717, 1.165) is 37.8 Å². The Morgan fingerprint density at radius 2 is 2.38 bits per heavy atom. The highest BCUT2D eigenvalue weighted by atomic mass is 16.5. The van der Waals surface area contributed by atoms with Crippen LogP contribution in [0, 0.1) is 0 Å². The number of aromatic nitrogens is 2. The quantitative estimate of drug-likeness (QED) is 0.759. The highest BCUT2D eigenvalue weighted by molar-refractivity contribution is 5.54. The summed E-state index contributed by atoms with van der Waals surface area (Å²) in [5, 5.41) is 7.08. The molecule has 1 N–H and O–H groups in total. The molecule has 3 heterocycles. The van der Waals surface area contributed by atoms with Gasteiger partial charge in [-0.25, -0.2) is 0 Å². The molecule has 0 spiro atoms. The Hall–Kier alpha value is -1.23. The number of fused-ring (bicyclic) bond motifs is 3. The van der Waals surface area contributed by atoms with E-state index < -0.39 is 0 Å². The summed E-state index contributed by atoms with van der Waals surface area (Å²) in [5.74, 6) is 1.95. The molecule has 16 heavy (non-hydrogen) atoms. The summed E-state index contributed by atoms with van der Waals surface area (Å²) in [6.07, 6.45) is 1.76. The van der Waals surface area contributed by atoms with Gasteiger partial charge in [0, 0.05) is 25.7 Å². The fraction of sp³-hybridized carbons (Fsp3) is 0.727. The molecule has 0 aliphatic carbocycles. The minimum atomic E-state index is 0.462. The van der Waals surface area contributed by atoms with Gasteiger partial charge in [0.05, 0.1) is 12.2 Å². The average molecular weight is 222 g/mol. The smallest absolute Gasteiger partial charge is 0.181 e. The summed E-state index contributed by atoms with van der Waals surface area (Å²) in [6, 6.07) is 1.08. The molecule has 0 aromatic carbocycles. The molecule has 5 nitrogen and oxygen atoms in total. The lowest BCUT2D eigenvalue weighted by atomic mass is 10.1. The third-order valence-corrected chi connectivity index (χ3v) is 3.55. The molecular weight excluding hydrogens is 204 g/mol. The number of aromatic amines is 1. The lowest BCUT2D eigenvalue weighted by Gasteiger charge is -2.45. The van der Waals surface area contributed by atoms with Crippen LogP contribution in [0.15, 0.2) is 6.20 Å². The van der Waals surface area contributed by atoms with Gasteiger partial charge in [0.15, 0.2) is 11.6 Å². The Balaban J connectivity index is 1.80. The van der Waals surface area contributed by atoms with Crippen molar-refractivity contribution in [3.8, 4) is 5.75 Å². The molecule has 0 amide bonds. The van der Waals surface area contributed by atoms with Crippen molar-refractivity contribution in [2.45, 2.75) is 25.9 Å². The summed E-state index contributed by atoms with van der Waals surface area (Å²) in [4.78, 5) is 4.90. The monoisotopic (exact) mass is 222 g/mol. The number of anilines is 1. The normalized spacial score (nSPS) is 25.2. The minimum absolute atomic E-state index is 0.462. The van der Waals surface area contributed by atoms with Gasteiger partial charge >= 0.3 is 0 Å². The van der Waals surface area contributed by atoms with Crippen LogP contribution in [0.3, 0.4) is 0 Å². The van der Waals surface area contributed by atoms with E-state index in [1.165, 1.54) is 0 Å². The molecule has 0 radical (unpaired) electrons. The first-order valence-corrected chi connectivity index (χ1v) is 5.92. The molecule has 1 atom stereocenters. The lowest BCUT2D eigenvalue weighted by Crippen LogP contribution is -2.58. The zero-order chi connectivity index (χ0) is 11.1. The average Bonchev–Trinajstić information content (AvgIpc) is 2.76. The van der Waals surface area contributed by atoms with Crippen LogP contribution in [0.25, 0.3) is 0 Å². The standard InChI is InChI=1S/C11H18N4O/c1-8(2)14-3-4-15-9(6-14)7-16-10-5-12-13-11(10)15/h5,8-9H,3-4,6-7H2,1-2H3,(H,12,13)/t9-/m0/s1. The van der Waals surface area contributed by atoms with E-state index in [1.807, 2.05) is 0 Å². The van der Waals surface area contributed by atoms with E-state index in [4.69, 9.17) is 4.74 Å². The molecule has 1 saturated heterocycles. The number of piperazine rings is 1. The molecule has 2 aliphatic heterocycles. The van der Waals surface area contributed by atoms with Gasteiger partial charge < -0.3 is 9.64 Å². The number of rotatable bonds is 1. The maximum Gasteiger partial charge on any atom is 0.181 e. The Kier molecular flexibility index (Phi) is 2.28. The molecule has 3 rings (SSSR count). The Labute approximate surface area is 95.4 Å². The predicted octanol–water partition coefficient (Wildman–Crippen LogP) is 0.701. The van der Waals surface area contributed by atoms with Crippen molar-refractivity contribution >= 4 is 5.82 Å². The number of H-pyrrole nitrogens is 1. The molecule has 1 aromatic heterocycles. The van der Waals surface area contributed by atoms with E-state index in [-0.39, 0.29) is 0 Å². The van der Waals surface area contributed by atoms with Crippen molar-refractivity contribution in [2.75, 3.05) is 31.1 Å². The first-order chi connectivity index (χ1) is 7.75. The number of nitrogens with one attached hydrogen (secondary N) is 1. The summed E-state index contributed by atoms with van der Waals surface area (Å²) in [6.45, 7) is 8.53. The largest absolute Gasteiger partial charge is 0.486 e. The summed E-state index contributed by atoms with van der Waals surface area (Å²) in [7, 11) is 0. The van der Waals surface area contributed by atoms with Crippen molar-refractivity contribution in [3.63, 3.8) is 0 Å². The number of hydrogen-bond acceptors (Lipinski definition) is 4. The first-order valence-electron chi connectivity index (χ1n) is 5.92. The molecule has 1 aromatic rings. The zero-order valence-corrected chi connectivity index (χ0v) is 9.81. The molecule has 5 heteroatoms. The van der Waals surface area contributed by atoms with Crippen molar-refractivity contribution in [1.29, 1.82) is 0 Å². The lowest BCUT2D eigenvalue weighted by molar-refractivity contribution is 0.141. The second-order valence-corrected chi connectivity index (χ2v) is 4.83. The van der Waals surface area contributed by atoms with Gasteiger partial charge in [0.1, 0.15) is 6.61 Å². The maximum atomic E-state index is 5.70. The van der Waals surface area contributed by atoms with Gasteiger partial charge in [0.25, 0.3) is 0 Å². The fourth-order valence-corrected chi connectivity index (χ4v) is 2.55. The molecular formula is C11H18N4O. The molecule has 1 fully saturated rings. The Morgan fingerprint density at radius 1 is 1.50 bits per heavy atom. The van der Waals surface area contributed by atoms with Crippen molar-refractivity contribution < 1.29 is 4.74 Å². The number of nitrogens with zero attached hydrogens (tertiary/aromatic N) is 3. The van der Waals surface area contributed by atoms with E-state index >= 15 is 0 Å². The van der Waals surface area contributed by atoms with Crippen LogP contribution in [0.2, 0.25) is 0 Å². The van der Waals surface area contributed by atoms with E-state index in [2.05, 4.69) is 33.8 Å². The van der Waals surface area contributed by atoms with Gasteiger partial charge in [-0.05, 0) is 13.8 Å². The van der Waals surface area contributed by atoms with Crippen LogP contribution in [-0.2, 0) is 0 Å². The Morgan fingerprint density at radius 3 is 3.19 bits per heavy atom. The van der Waals surface area contributed by atoms with Crippen LogP contribution in [0.5, 0.6) is 5.75 Å². The predicted molar refractivity (Wildman–Crippen MR) is 61.9 cm³/mol. The number of ether oxygens (including phenoxy) is 1. The van der Waals surface area contributed by atoms with Crippen molar-refractivity contribution in [2.24, 2.45) is 0 Å². The highest BCUT2D eigenvalue weighted by Crippen LogP contribution is 2.32. The molecule has 0 bridgehead atoms. The van der Waals surface area contributed by atoms with E-state index in [0.29, 0.717) is 12.1 Å². The van der Waals surface area contributed by atoms with E-state index in [9.17, 15) is 0 Å². The summed E-state index contributed by atoms with van der Waals surface area (Å²) >= 11 is 0. The van der Waals surface area contributed by atoms with Crippen molar-refractivity contribution in [1.82, 2.24) is 15.1 Å². The van der Waals surface area contributed by atoms with Crippen LogP contribution in [-0.4, -0.2) is 53.4 Å². The SMILES string of the molecule is CC(C)N1CCN2c3[nH]ncc3OC[C@@H]2C1. The van der Waals surface area contributed by atoms with Crippen molar-refractivity contribution in [3.05, 3.63) is 6.20 Å². The Bertz CT molecular complexity index is 376. The fourth-order valence-electron chi connectivity index (χ4n) is 2.55. The second-order valence-electron chi connectivity index (χ2n) is 4.83. The zero-order valence-electron chi connectivity index (χ0n) is 9.81. The molecule has 88 valence electrons. The molecule has 2 aliphatic rings. The topological polar surface area (TPSA) is 44.4 Å². The number of hydrogen-bond donors (Lipinski definition) is 1. The third kappa shape index (κ3) is 1.46.